The number of carboxylic acid groups (broad SMARTS) is 1. The second-order valence-corrected chi connectivity index (χ2v) is 10.2. The lowest BCUT2D eigenvalue weighted by Crippen LogP contribution is -2.26. The number of carbonyl (C=O) groups is 2. The standard InChI is InChI=1S/C30H25Cl2N3O4/c1-17-28(23-14-24(31)16-25(32)15-23)34-35(29(17)22-7-8-26-21(13-22)10-12-39-26)18(2)19-3-5-20(6-4-19)30(38)33-11-9-27(36)37/h3-8,10,12-16,18H,9,11H2,1-2H3,(H,33,38)(H,36,37). The lowest BCUT2D eigenvalue weighted by Gasteiger charge is -2.17. The number of hydrogen-bond donors (Lipinski definition) is 2. The van der Waals surface area contributed by atoms with Crippen LogP contribution in [-0.4, -0.2) is 33.3 Å². The molecule has 1 atom stereocenters. The van der Waals surface area contributed by atoms with E-state index in [1.165, 1.54) is 0 Å². The van der Waals surface area contributed by atoms with Crippen molar-refractivity contribution in [3.8, 4) is 22.5 Å². The molecule has 0 aliphatic rings. The zero-order valence-electron chi connectivity index (χ0n) is 21.2. The van der Waals surface area contributed by atoms with Crippen molar-refractivity contribution in [3.05, 3.63) is 99.7 Å². The summed E-state index contributed by atoms with van der Waals surface area (Å²) in [6.07, 6.45) is 1.53. The summed E-state index contributed by atoms with van der Waals surface area (Å²) in [4.78, 5) is 23.1. The molecule has 5 aromatic rings. The SMILES string of the molecule is Cc1c(-c2cc(Cl)cc(Cl)c2)nn(C(C)c2ccc(C(=O)NCCC(=O)O)cc2)c1-c1ccc2occc2c1. The van der Waals surface area contributed by atoms with Gasteiger partial charge in [0.25, 0.3) is 5.91 Å². The topological polar surface area (TPSA) is 97.4 Å². The van der Waals surface area contributed by atoms with Crippen LogP contribution in [0, 0.1) is 6.92 Å². The summed E-state index contributed by atoms with van der Waals surface area (Å²) in [5.41, 5.74) is 6.67. The number of carbonyl (C=O) groups excluding carboxylic acids is 1. The van der Waals surface area contributed by atoms with E-state index in [1.54, 1.807) is 24.5 Å². The number of carboxylic acids is 1. The van der Waals surface area contributed by atoms with Crippen molar-refractivity contribution in [2.24, 2.45) is 0 Å². The van der Waals surface area contributed by atoms with Gasteiger partial charge in [-0.3, -0.25) is 14.3 Å². The van der Waals surface area contributed by atoms with E-state index in [0.29, 0.717) is 15.6 Å². The first kappa shape index (κ1) is 26.5. The van der Waals surface area contributed by atoms with E-state index in [9.17, 15) is 9.59 Å². The average molecular weight is 562 g/mol. The number of aromatic nitrogens is 2. The van der Waals surface area contributed by atoms with Gasteiger partial charge in [-0.15, -0.1) is 0 Å². The van der Waals surface area contributed by atoms with E-state index in [2.05, 4.69) is 11.4 Å². The molecule has 2 aromatic heterocycles. The van der Waals surface area contributed by atoms with Crippen molar-refractivity contribution in [1.82, 2.24) is 15.1 Å². The Morgan fingerprint density at radius 1 is 1.00 bits per heavy atom. The van der Waals surface area contributed by atoms with Gasteiger partial charge in [-0.25, -0.2) is 0 Å². The summed E-state index contributed by atoms with van der Waals surface area (Å²) in [6, 6.07) is 20.4. The molecule has 2 N–H and O–H groups in total. The van der Waals surface area contributed by atoms with E-state index >= 15 is 0 Å². The molecule has 0 aliphatic heterocycles. The molecule has 1 amide bonds. The first-order valence-corrected chi connectivity index (χ1v) is 13.1. The van der Waals surface area contributed by atoms with Gasteiger partial charge in [-0.05, 0) is 74.0 Å². The Balaban J connectivity index is 1.55. The maximum absolute atomic E-state index is 12.4. The molecular weight excluding hydrogens is 537 g/mol. The van der Waals surface area contributed by atoms with E-state index in [4.69, 9.17) is 37.8 Å². The summed E-state index contributed by atoms with van der Waals surface area (Å²) >= 11 is 12.6. The summed E-state index contributed by atoms with van der Waals surface area (Å²) in [5.74, 6) is -1.28. The van der Waals surface area contributed by atoms with Gasteiger partial charge in [0.15, 0.2) is 0 Å². The van der Waals surface area contributed by atoms with Crippen LogP contribution in [0.1, 0.15) is 40.9 Å². The largest absolute Gasteiger partial charge is 0.481 e. The molecule has 0 fully saturated rings. The number of fused-ring (bicyclic) bond motifs is 1. The van der Waals surface area contributed by atoms with Crippen LogP contribution >= 0.6 is 23.2 Å². The summed E-state index contributed by atoms with van der Waals surface area (Å²) in [6.45, 7) is 4.14. The molecule has 3 aromatic carbocycles. The zero-order valence-corrected chi connectivity index (χ0v) is 22.8. The number of halogens is 2. The van der Waals surface area contributed by atoms with Crippen LogP contribution in [-0.2, 0) is 4.79 Å². The van der Waals surface area contributed by atoms with E-state index in [-0.39, 0.29) is 24.9 Å². The lowest BCUT2D eigenvalue weighted by atomic mass is 10.0. The molecule has 0 saturated heterocycles. The fourth-order valence-electron chi connectivity index (χ4n) is 4.66. The minimum Gasteiger partial charge on any atom is -0.481 e. The van der Waals surface area contributed by atoms with Crippen LogP contribution in [0.2, 0.25) is 10.0 Å². The van der Waals surface area contributed by atoms with Gasteiger partial charge in [-0.1, -0.05) is 35.3 Å². The smallest absolute Gasteiger partial charge is 0.305 e. The summed E-state index contributed by atoms with van der Waals surface area (Å²) in [5, 5.41) is 18.5. The Morgan fingerprint density at radius 2 is 1.72 bits per heavy atom. The third-order valence-electron chi connectivity index (χ3n) is 6.66. The Morgan fingerprint density at radius 3 is 2.41 bits per heavy atom. The fourth-order valence-corrected chi connectivity index (χ4v) is 5.19. The number of rotatable bonds is 8. The molecule has 0 aliphatic carbocycles. The molecule has 5 rings (SSSR count). The highest BCUT2D eigenvalue weighted by Gasteiger charge is 2.23. The third-order valence-corrected chi connectivity index (χ3v) is 7.09. The van der Waals surface area contributed by atoms with Crippen LogP contribution in [0.5, 0.6) is 0 Å². The zero-order chi connectivity index (χ0) is 27.7. The molecule has 39 heavy (non-hydrogen) atoms. The average Bonchev–Trinajstić information content (AvgIpc) is 3.51. The van der Waals surface area contributed by atoms with Gasteiger partial charge in [0.2, 0.25) is 0 Å². The number of hydrogen-bond acceptors (Lipinski definition) is 4. The maximum atomic E-state index is 12.4. The molecule has 2 heterocycles. The predicted molar refractivity (Wildman–Crippen MR) is 152 cm³/mol. The summed E-state index contributed by atoms with van der Waals surface area (Å²) < 4.78 is 7.51. The summed E-state index contributed by atoms with van der Waals surface area (Å²) in [7, 11) is 0. The molecule has 9 heteroatoms. The van der Waals surface area contributed by atoms with Crippen molar-refractivity contribution in [2.75, 3.05) is 6.54 Å². The molecule has 1 unspecified atom stereocenters. The molecule has 0 radical (unpaired) electrons. The molecule has 198 valence electrons. The van der Waals surface area contributed by atoms with Gasteiger partial charge in [0.05, 0.1) is 30.1 Å². The normalized spacial score (nSPS) is 12.0. The quantitative estimate of drug-likeness (QED) is 0.206. The number of nitrogens with one attached hydrogen (secondary N) is 1. The van der Waals surface area contributed by atoms with Crippen LogP contribution in [0.25, 0.3) is 33.5 Å². The van der Waals surface area contributed by atoms with Gasteiger partial charge < -0.3 is 14.8 Å². The van der Waals surface area contributed by atoms with Crippen molar-refractivity contribution < 1.29 is 19.1 Å². The van der Waals surface area contributed by atoms with Crippen LogP contribution in [0.3, 0.4) is 0 Å². The number of amides is 1. The Hall–Kier alpha value is -4.07. The number of furan rings is 1. The highest BCUT2D eigenvalue weighted by molar-refractivity contribution is 6.35. The van der Waals surface area contributed by atoms with Gasteiger partial charge >= 0.3 is 5.97 Å². The second kappa shape index (κ2) is 11.0. The molecule has 0 spiro atoms. The Kier molecular flexibility index (Phi) is 7.46. The molecular formula is C30H25Cl2N3O4. The maximum Gasteiger partial charge on any atom is 0.305 e. The second-order valence-electron chi connectivity index (χ2n) is 9.30. The highest BCUT2D eigenvalue weighted by atomic mass is 35.5. The number of aliphatic carboxylic acids is 1. The molecule has 0 bridgehead atoms. The third kappa shape index (κ3) is 5.55. The number of nitrogens with zero attached hydrogens (tertiary/aromatic N) is 2. The molecule has 0 saturated carbocycles. The minimum atomic E-state index is -0.962. The predicted octanol–water partition coefficient (Wildman–Crippen LogP) is 7.39. The van der Waals surface area contributed by atoms with Crippen LogP contribution < -0.4 is 5.32 Å². The minimum absolute atomic E-state index is 0.0690. The van der Waals surface area contributed by atoms with Crippen molar-refractivity contribution >= 4 is 46.0 Å². The lowest BCUT2D eigenvalue weighted by molar-refractivity contribution is -0.136. The van der Waals surface area contributed by atoms with Gasteiger partial charge in [-0.2, -0.15) is 5.10 Å². The first-order valence-electron chi connectivity index (χ1n) is 12.3. The van der Waals surface area contributed by atoms with Gasteiger partial charge in [0, 0.05) is 44.2 Å². The van der Waals surface area contributed by atoms with Crippen LogP contribution in [0.15, 0.2) is 77.4 Å². The van der Waals surface area contributed by atoms with E-state index in [1.807, 2.05) is 61.0 Å². The Bertz CT molecular complexity index is 1670. The monoisotopic (exact) mass is 561 g/mol. The van der Waals surface area contributed by atoms with Crippen LogP contribution in [0.4, 0.5) is 0 Å². The number of benzene rings is 3. The highest BCUT2D eigenvalue weighted by Crippen LogP contribution is 2.38. The van der Waals surface area contributed by atoms with Crippen molar-refractivity contribution in [3.63, 3.8) is 0 Å². The van der Waals surface area contributed by atoms with Crippen molar-refractivity contribution in [2.45, 2.75) is 26.3 Å². The van der Waals surface area contributed by atoms with Crippen molar-refractivity contribution in [1.29, 1.82) is 0 Å². The van der Waals surface area contributed by atoms with E-state index in [0.717, 1.165) is 44.6 Å². The van der Waals surface area contributed by atoms with E-state index < -0.39 is 5.97 Å². The Labute approximate surface area is 235 Å². The van der Waals surface area contributed by atoms with Gasteiger partial charge in [0.1, 0.15) is 5.58 Å². The fraction of sp³-hybridized carbons (Fsp3) is 0.167. The first-order chi connectivity index (χ1) is 18.7. The molecule has 7 nitrogen and oxygen atoms in total.